The smallest absolute Gasteiger partial charge is 0.230 e. The van der Waals surface area contributed by atoms with Gasteiger partial charge in [-0.15, -0.1) is 11.3 Å². The molecule has 23 heavy (non-hydrogen) atoms. The number of thiophene rings is 1. The summed E-state index contributed by atoms with van der Waals surface area (Å²) in [7, 11) is 0. The molecule has 0 radical (unpaired) electrons. The quantitative estimate of drug-likeness (QED) is 0.789. The number of amides is 1. The van der Waals surface area contributed by atoms with Gasteiger partial charge in [0.05, 0.1) is 30.6 Å². The number of carbonyl (C=O) groups excluding carboxylic acids is 2. The normalized spacial score (nSPS) is 18.1. The van der Waals surface area contributed by atoms with Crippen molar-refractivity contribution in [2.24, 2.45) is 0 Å². The van der Waals surface area contributed by atoms with Gasteiger partial charge in [0.1, 0.15) is 11.5 Å². The number of morpholine rings is 1. The van der Waals surface area contributed by atoms with Crippen LogP contribution in [-0.4, -0.2) is 42.4 Å². The first kappa shape index (κ1) is 16.0. The second kappa shape index (κ2) is 7.10. The fourth-order valence-corrected chi connectivity index (χ4v) is 3.41. The highest BCUT2D eigenvalue weighted by molar-refractivity contribution is 7.12. The van der Waals surface area contributed by atoms with Crippen LogP contribution in [0.2, 0.25) is 0 Å². The van der Waals surface area contributed by atoms with Gasteiger partial charge in [-0.05, 0) is 30.5 Å². The molecule has 0 aromatic carbocycles. The summed E-state index contributed by atoms with van der Waals surface area (Å²) in [5, 5.41) is 1.88. The summed E-state index contributed by atoms with van der Waals surface area (Å²) in [6.07, 6.45) is 0.515. The highest BCUT2D eigenvalue weighted by Gasteiger charge is 2.30. The summed E-state index contributed by atoms with van der Waals surface area (Å²) in [5.41, 5.74) is 0. The molecule has 1 atom stereocenters. The zero-order valence-corrected chi connectivity index (χ0v) is 13.8. The molecule has 3 heterocycles. The molecular weight excluding hydrogens is 314 g/mol. The van der Waals surface area contributed by atoms with Gasteiger partial charge in [0, 0.05) is 13.0 Å². The number of ketones is 1. The van der Waals surface area contributed by atoms with Crippen molar-refractivity contribution >= 4 is 23.0 Å². The highest BCUT2D eigenvalue weighted by Crippen LogP contribution is 2.19. The Morgan fingerprint density at radius 2 is 2.22 bits per heavy atom. The molecule has 122 valence electrons. The Morgan fingerprint density at radius 3 is 2.91 bits per heavy atom. The molecule has 1 aliphatic heterocycles. The van der Waals surface area contributed by atoms with Gasteiger partial charge in [-0.2, -0.15) is 0 Å². The minimum absolute atomic E-state index is 0.0216. The van der Waals surface area contributed by atoms with E-state index < -0.39 is 0 Å². The summed E-state index contributed by atoms with van der Waals surface area (Å²) < 4.78 is 10.9. The SMILES string of the molecule is Cc1ccc(CC(=O)N2CCOC[C@@H]2CC(=O)c2cccs2)o1. The molecule has 1 aliphatic rings. The van der Waals surface area contributed by atoms with Gasteiger partial charge in [0.25, 0.3) is 0 Å². The Hall–Kier alpha value is -1.92. The number of nitrogens with zero attached hydrogens (tertiary/aromatic N) is 1. The third-order valence-electron chi connectivity index (χ3n) is 3.89. The fraction of sp³-hybridized carbons (Fsp3) is 0.412. The molecule has 0 N–H and O–H groups in total. The number of rotatable bonds is 5. The van der Waals surface area contributed by atoms with E-state index >= 15 is 0 Å². The lowest BCUT2D eigenvalue weighted by molar-refractivity contribution is -0.139. The highest BCUT2D eigenvalue weighted by atomic mass is 32.1. The first-order valence-corrected chi connectivity index (χ1v) is 8.50. The van der Waals surface area contributed by atoms with Gasteiger partial charge in [0.2, 0.25) is 5.91 Å². The molecule has 0 aliphatic carbocycles. The summed E-state index contributed by atoms with van der Waals surface area (Å²) >= 11 is 1.43. The Morgan fingerprint density at radius 1 is 1.35 bits per heavy atom. The van der Waals surface area contributed by atoms with E-state index in [2.05, 4.69) is 0 Å². The molecule has 6 heteroatoms. The minimum atomic E-state index is -0.207. The second-order valence-corrected chi connectivity index (χ2v) is 6.56. The van der Waals surface area contributed by atoms with Gasteiger partial charge < -0.3 is 14.1 Å². The van der Waals surface area contributed by atoms with Crippen LogP contribution in [0, 0.1) is 6.92 Å². The predicted octanol–water partition coefficient (Wildman–Crippen LogP) is 2.69. The first-order chi connectivity index (χ1) is 11.1. The summed E-state index contributed by atoms with van der Waals surface area (Å²) in [4.78, 5) is 27.3. The molecule has 5 nitrogen and oxygen atoms in total. The number of carbonyl (C=O) groups is 2. The number of hydrogen-bond acceptors (Lipinski definition) is 5. The van der Waals surface area contributed by atoms with Crippen LogP contribution in [-0.2, 0) is 16.0 Å². The van der Waals surface area contributed by atoms with Gasteiger partial charge >= 0.3 is 0 Å². The lowest BCUT2D eigenvalue weighted by Gasteiger charge is -2.35. The van der Waals surface area contributed by atoms with Crippen LogP contribution in [0.1, 0.15) is 27.6 Å². The van der Waals surface area contributed by atoms with Crippen molar-refractivity contribution in [2.45, 2.75) is 25.8 Å². The largest absolute Gasteiger partial charge is 0.466 e. The van der Waals surface area contributed by atoms with E-state index in [1.165, 1.54) is 11.3 Å². The first-order valence-electron chi connectivity index (χ1n) is 7.62. The van der Waals surface area contributed by atoms with Gasteiger partial charge in [-0.3, -0.25) is 9.59 Å². The molecule has 1 fully saturated rings. The maximum absolute atomic E-state index is 12.6. The van der Waals surface area contributed by atoms with Crippen molar-refractivity contribution in [2.75, 3.05) is 19.8 Å². The molecule has 2 aromatic rings. The van der Waals surface area contributed by atoms with E-state index in [0.717, 1.165) is 10.6 Å². The average molecular weight is 333 g/mol. The predicted molar refractivity (Wildman–Crippen MR) is 86.7 cm³/mol. The Balaban J connectivity index is 1.65. The van der Waals surface area contributed by atoms with Crippen LogP contribution in [0.5, 0.6) is 0 Å². The van der Waals surface area contributed by atoms with Gasteiger partial charge in [-0.1, -0.05) is 6.07 Å². The Kier molecular flexibility index (Phi) is 4.93. The maximum Gasteiger partial charge on any atom is 0.230 e. The van der Waals surface area contributed by atoms with E-state index in [1.54, 1.807) is 4.90 Å². The summed E-state index contributed by atoms with van der Waals surface area (Å²) in [6, 6.07) is 7.13. The van der Waals surface area contributed by atoms with Crippen LogP contribution < -0.4 is 0 Å². The lowest BCUT2D eigenvalue weighted by atomic mass is 10.1. The van der Waals surface area contributed by atoms with E-state index in [4.69, 9.17) is 9.15 Å². The Labute approximate surface area is 138 Å². The van der Waals surface area contributed by atoms with Crippen molar-refractivity contribution < 1.29 is 18.7 Å². The van der Waals surface area contributed by atoms with E-state index in [-0.39, 0.29) is 24.2 Å². The zero-order chi connectivity index (χ0) is 16.2. The zero-order valence-electron chi connectivity index (χ0n) is 13.0. The van der Waals surface area contributed by atoms with Crippen molar-refractivity contribution in [1.29, 1.82) is 0 Å². The van der Waals surface area contributed by atoms with Crippen LogP contribution in [0.25, 0.3) is 0 Å². The number of hydrogen-bond donors (Lipinski definition) is 0. The molecule has 0 saturated carbocycles. The monoisotopic (exact) mass is 333 g/mol. The average Bonchev–Trinajstić information content (AvgIpc) is 3.19. The van der Waals surface area contributed by atoms with Crippen molar-refractivity contribution in [3.05, 3.63) is 46.0 Å². The second-order valence-electron chi connectivity index (χ2n) is 5.61. The molecule has 1 amide bonds. The summed E-state index contributed by atoms with van der Waals surface area (Å²) in [5.74, 6) is 1.48. The number of aryl methyl sites for hydroxylation is 1. The van der Waals surface area contributed by atoms with E-state index in [1.807, 2.05) is 36.6 Å². The summed E-state index contributed by atoms with van der Waals surface area (Å²) in [6.45, 7) is 3.28. The topological polar surface area (TPSA) is 59.8 Å². The van der Waals surface area contributed by atoms with E-state index in [0.29, 0.717) is 31.9 Å². The Bertz CT molecular complexity index is 677. The third-order valence-corrected chi connectivity index (χ3v) is 4.80. The number of ether oxygens (including phenoxy) is 1. The minimum Gasteiger partial charge on any atom is -0.466 e. The molecule has 0 bridgehead atoms. The maximum atomic E-state index is 12.6. The van der Waals surface area contributed by atoms with Crippen molar-refractivity contribution in [1.82, 2.24) is 4.90 Å². The number of Topliss-reactive ketones (excluding diaryl/α,β-unsaturated/α-hetero) is 1. The van der Waals surface area contributed by atoms with Crippen molar-refractivity contribution in [3.63, 3.8) is 0 Å². The van der Waals surface area contributed by atoms with Gasteiger partial charge in [0.15, 0.2) is 5.78 Å². The fourth-order valence-electron chi connectivity index (χ4n) is 2.73. The molecule has 2 aromatic heterocycles. The van der Waals surface area contributed by atoms with Crippen LogP contribution in [0.15, 0.2) is 34.1 Å². The molecule has 0 unspecified atom stereocenters. The molecule has 0 spiro atoms. The standard InChI is InChI=1S/C17H19NO4S/c1-12-4-5-14(22-12)10-17(20)18-6-7-21-11-13(18)9-15(19)16-3-2-8-23-16/h2-5,8,13H,6-7,9-11H2,1H3/t13-/m0/s1. The molecular formula is C17H19NO4S. The van der Waals surface area contributed by atoms with Crippen LogP contribution >= 0.6 is 11.3 Å². The van der Waals surface area contributed by atoms with Crippen LogP contribution in [0.3, 0.4) is 0 Å². The molecule has 1 saturated heterocycles. The van der Waals surface area contributed by atoms with Crippen LogP contribution in [0.4, 0.5) is 0 Å². The lowest BCUT2D eigenvalue weighted by Crippen LogP contribution is -2.50. The van der Waals surface area contributed by atoms with Gasteiger partial charge in [-0.25, -0.2) is 0 Å². The van der Waals surface area contributed by atoms with E-state index in [9.17, 15) is 9.59 Å². The number of furan rings is 1. The van der Waals surface area contributed by atoms with Crippen molar-refractivity contribution in [3.8, 4) is 0 Å². The third kappa shape index (κ3) is 3.89. The molecule has 3 rings (SSSR count).